The van der Waals surface area contributed by atoms with E-state index in [4.69, 9.17) is 14.0 Å². The van der Waals surface area contributed by atoms with E-state index >= 15 is 0 Å². The molecule has 178 valence electrons. The van der Waals surface area contributed by atoms with Crippen molar-refractivity contribution in [3.63, 3.8) is 0 Å². The van der Waals surface area contributed by atoms with Gasteiger partial charge in [-0.25, -0.2) is 9.36 Å². The van der Waals surface area contributed by atoms with Gasteiger partial charge in [0.1, 0.15) is 22.7 Å². The Morgan fingerprint density at radius 3 is 2.60 bits per heavy atom. The lowest BCUT2D eigenvalue weighted by atomic mass is 10.2. The van der Waals surface area contributed by atoms with Gasteiger partial charge < -0.3 is 14.0 Å². The fourth-order valence-electron chi connectivity index (χ4n) is 3.74. The van der Waals surface area contributed by atoms with Gasteiger partial charge in [-0.15, -0.1) is 11.3 Å². The first-order chi connectivity index (χ1) is 16.9. The van der Waals surface area contributed by atoms with Crippen LogP contribution in [0.4, 0.5) is 0 Å². The van der Waals surface area contributed by atoms with Gasteiger partial charge in [-0.05, 0) is 61.7 Å². The molecule has 0 saturated heterocycles. The average molecular weight is 491 g/mol. The largest absolute Gasteiger partial charge is 0.497 e. The first kappa shape index (κ1) is 22.6. The lowest BCUT2D eigenvalue weighted by molar-refractivity contribution is 0.242. The van der Waals surface area contributed by atoms with E-state index in [1.165, 1.54) is 23.0 Å². The molecule has 5 aromatic rings. The van der Waals surface area contributed by atoms with Crippen molar-refractivity contribution in [3.05, 3.63) is 86.7 Å². The van der Waals surface area contributed by atoms with Gasteiger partial charge in [0.15, 0.2) is 0 Å². The molecule has 0 aliphatic heterocycles. The van der Waals surface area contributed by atoms with Crippen LogP contribution in [0.25, 0.3) is 27.3 Å². The summed E-state index contributed by atoms with van der Waals surface area (Å²) in [6.07, 6.45) is 0.0742. The van der Waals surface area contributed by atoms with Crippen LogP contribution in [-0.2, 0) is 6.54 Å². The number of fused-ring (bicyclic) bond motifs is 1. The molecule has 0 bridgehead atoms. The second-order valence-electron chi connectivity index (χ2n) is 8.05. The Kier molecular flexibility index (Phi) is 5.96. The normalized spacial score (nSPS) is 11.3. The molecular formula is C25H22N4O5S. The van der Waals surface area contributed by atoms with E-state index < -0.39 is 5.69 Å². The number of methoxy groups -OCH3 is 1. The molecule has 0 radical (unpaired) electrons. The summed E-state index contributed by atoms with van der Waals surface area (Å²) in [5, 5.41) is 5.84. The third-order valence-electron chi connectivity index (χ3n) is 5.31. The van der Waals surface area contributed by atoms with Crippen LogP contribution in [-0.4, -0.2) is 32.5 Å². The molecule has 0 amide bonds. The summed E-state index contributed by atoms with van der Waals surface area (Å²) in [6, 6.07) is 15.9. The van der Waals surface area contributed by atoms with E-state index in [1.807, 2.05) is 38.1 Å². The molecule has 0 spiro atoms. The second kappa shape index (κ2) is 9.22. The third-order valence-corrected chi connectivity index (χ3v) is 6.20. The molecule has 10 heteroatoms. The van der Waals surface area contributed by atoms with E-state index in [0.29, 0.717) is 27.5 Å². The summed E-state index contributed by atoms with van der Waals surface area (Å²) in [4.78, 5) is 31.1. The number of benzene rings is 2. The highest BCUT2D eigenvalue weighted by Crippen LogP contribution is 2.22. The minimum Gasteiger partial charge on any atom is -0.497 e. The smallest absolute Gasteiger partial charge is 0.336 e. The van der Waals surface area contributed by atoms with Crippen LogP contribution in [0.3, 0.4) is 0 Å². The lowest BCUT2D eigenvalue weighted by Crippen LogP contribution is -2.38. The van der Waals surface area contributed by atoms with Crippen LogP contribution >= 0.6 is 11.3 Å². The Morgan fingerprint density at radius 2 is 1.86 bits per heavy atom. The zero-order valence-electron chi connectivity index (χ0n) is 19.3. The van der Waals surface area contributed by atoms with Gasteiger partial charge in [0.05, 0.1) is 24.4 Å². The first-order valence-electron chi connectivity index (χ1n) is 10.9. The molecule has 3 aromatic heterocycles. The summed E-state index contributed by atoms with van der Waals surface area (Å²) in [7, 11) is 1.53. The summed E-state index contributed by atoms with van der Waals surface area (Å²) in [6.45, 7) is 3.93. The van der Waals surface area contributed by atoms with Gasteiger partial charge in [0, 0.05) is 11.6 Å². The van der Waals surface area contributed by atoms with Crippen molar-refractivity contribution in [2.45, 2.75) is 26.5 Å². The van der Waals surface area contributed by atoms with Gasteiger partial charge in [-0.2, -0.15) is 4.98 Å². The van der Waals surface area contributed by atoms with Crippen molar-refractivity contribution in [1.29, 1.82) is 0 Å². The third kappa shape index (κ3) is 4.35. The highest BCUT2D eigenvalue weighted by molar-refractivity contribution is 7.17. The van der Waals surface area contributed by atoms with E-state index in [-0.39, 0.29) is 24.1 Å². The number of hydrogen-bond acceptors (Lipinski definition) is 8. The number of aromatic nitrogens is 4. The number of ether oxygens (including phenoxy) is 2. The van der Waals surface area contributed by atoms with Crippen molar-refractivity contribution in [2.24, 2.45) is 0 Å². The van der Waals surface area contributed by atoms with Gasteiger partial charge in [-0.3, -0.25) is 9.36 Å². The van der Waals surface area contributed by atoms with Crippen LogP contribution in [0.1, 0.15) is 19.7 Å². The molecule has 3 heterocycles. The van der Waals surface area contributed by atoms with Crippen LogP contribution in [0.5, 0.6) is 11.5 Å². The van der Waals surface area contributed by atoms with E-state index in [1.54, 1.807) is 35.7 Å². The highest BCUT2D eigenvalue weighted by atomic mass is 32.1. The SMILES string of the molecule is COc1cccc(-n2c(=O)c3sccc3n(Cc3nc(-c4ccc(OC(C)C)cc4)no3)c2=O)c1. The van der Waals surface area contributed by atoms with Crippen molar-refractivity contribution in [3.8, 4) is 28.6 Å². The Morgan fingerprint density at radius 1 is 1.06 bits per heavy atom. The number of hydrogen-bond donors (Lipinski definition) is 0. The van der Waals surface area contributed by atoms with Crippen molar-refractivity contribution >= 4 is 21.6 Å². The maximum Gasteiger partial charge on any atom is 0.336 e. The van der Waals surface area contributed by atoms with E-state index in [2.05, 4.69) is 10.1 Å². The molecule has 0 saturated carbocycles. The van der Waals surface area contributed by atoms with Crippen molar-refractivity contribution in [2.75, 3.05) is 7.11 Å². The minimum absolute atomic E-state index is 0.0118. The second-order valence-corrected chi connectivity index (χ2v) is 8.96. The van der Waals surface area contributed by atoms with Gasteiger partial charge in [-0.1, -0.05) is 11.2 Å². The van der Waals surface area contributed by atoms with Crippen LogP contribution in [0.15, 0.2) is 74.1 Å². The predicted octanol–water partition coefficient (Wildman–Crippen LogP) is 4.11. The zero-order chi connectivity index (χ0) is 24.5. The lowest BCUT2D eigenvalue weighted by Gasteiger charge is -2.11. The predicted molar refractivity (Wildman–Crippen MR) is 133 cm³/mol. The summed E-state index contributed by atoms with van der Waals surface area (Å²) < 4.78 is 19.4. The average Bonchev–Trinajstić information content (AvgIpc) is 3.52. The molecule has 0 atom stereocenters. The van der Waals surface area contributed by atoms with E-state index in [0.717, 1.165) is 15.9 Å². The number of rotatable bonds is 7. The molecule has 2 aromatic carbocycles. The maximum atomic E-state index is 13.5. The Bertz CT molecular complexity index is 1610. The van der Waals surface area contributed by atoms with Crippen LogP contribution in [0.2, 0.25) is 0 Å². The fraction of sp³-hybridized carbons (Fsp3) is 0.200. The standard InChI is InChI=1S/C25H22N4O5S/c1-15(2)33-18-9-7-16(8-10-18)23-26-21(34-27-23)14-28-20-11-12-35-22(20)24(30)29(25(28)31)17-5-4-6-19(13-17)32-3/h4-13,15H,14H2,1-3H3. The molecule has 0 unspecified atom stereocenters. The molecule has 35 heavy (non-hydrogen) atoms. The fourth-order valence-corrected chi connectivity index (χ4v) is 4.57. The van der Waals surface area contributed by atoms with Gasteiger partial charge in [0.25, 0.3) is 5.56 Å². The zero-order valence-corrected chi connectivity index (χ0v) is 20.1. The number of nitrogens with zero attached hydrogens (tertiary/aromatic N) is 4. The summed E-state index contributed by atoms with van der Waals surface area (Å²) >= 11 is 1.27. The molecule has 0 N–H and O–H groups in total. The van der Waals surface area contributed by atoms with E-state index in [9.17, 15) is 9.59 Å². The number of thiophene rings is 1. The molecule has 0 aliphatic rings. The van der Waals surface area contributed by atoms with Crippen molar-refractivity contribution < 1.29 is 14.0 Å². The Hall–Kier alpha value is -4.18. The Labute approximate surface area is 203 Å². The first-order valence-corrected chi connectivity index (χ1v) is 11.8. The monoisotopic (exact) mass is 490 g/mol. The topological polar surface area (TPSA) is 101 Å². The molecule has 0 aliphatic carbocycles. The quantitative estimate of drug-likeness (QED) is 0.338. The maximum absolute atomic E-state index is 13.5. The minimum atomic E-state index is -0.510. The van der Waals surface area contributed by atoms with Crippen molar-refractivity contribution in [1.82, 2.24) is 19.3 Å². The molecule has 9 nitrogen and oxygen atoms in total. The van der Waals surface area contributed by atoms with Gasteiger partial charge >= 0.3 is 5.69 Å². The molecule has 0 fully saturated rings. The van der Waals surface area contributed by atoms with Gasteiger partial charge in [0.2, 0.25) is 11.7 Å². The highest BCUT2D eigenvalue weighted by Gasteiger charge is 2.18. The molecule has 5 rings (SSSR count). The molecular weight excluding hydrogens is 468 g/mol. The summed E-state index contributed by atoms with van der Waals surface area (Å²) in [5.74, 6) is 1.93. The Balaban J connectivity index is 1.53. The van der Waals surface area contributed by atoms with Crippen LogP contribution < -0.4 is 20.7 Å². The van der Waals surface area contributed by atoms with Crippen LogP contribution in [0, 0.1) is 0 Å². The summed E-state index contributed by atoms with van der Waals surface area (Å²) in [5.41, 5.74) is 0.784.